The van der Waals surface area contributed by atoms with Crippen LogP contribution in [0.1, 0.15) is 37.8 Å². The highest BCUT2D eigenvalue weighted by Crippen LogP contribution is 2.36. The molecule has 2 aliphatic heterocycles. The predicted octanol–water partition coefficient (Wildman–Crippen LogP) is 2.44. The van der Waals surface area contributed by atoms with Crippen LogP contribution in [0, 0.1) is 0 Å². The second-order valence-electron chi connectivity index (χ2n) is 7.10. The molecule has 0 aromatic carbocycles. The molecule has 1 aromatic rings. The number of carbonyl (C=O) groups excluding carboxylic acids is 2. The maximum atomic E-state index is 13.2. The molecule has 3 heterocycles. The summed E-state index contributed by atoms with van der Waals surface area (Å²) < 4.78 is 0. The molecular weight excluding hydrogens is 344 g/mol. The molecule has 27 heavy (non-hydrogen) atoms. The molecular formula is C19H22N6O2. The molecule has 8 heteroatoms. The summed E-state index contributed by atoms with van der Waals surface area (Å²) in [6.45, 7) is 2.22. The zero-order chi connectivity index (χ0) is 19.0. The van der Waals surface area contributed by atoms with Gasteiger partial charge in [0.2, 0.25) is 0 Å². The van der Waals surface area contributed by atoms with Crippen molar-refractivity contribution >= 4 is 11.9 Å². The number of nitrogens with one attached hydrogen (secondary N) is 2. The largest absolute Gasteiger partial charge is 0.339 e. The molecule has 1 aromatic heterocycles. The maximum absolute atomic E-state index is 13.2. The molecule has 1 aliphatic carbocycles. The smallest absolute Gasteiger partial charge is 0.319 e. The minimum Gasteiger partial charge on any atom is -0.339 e. The van der Waals surface area contributed by atoms with E-state index in [-0.39, 0.29) is 18.0 Å². The highest BCUT2D eigenvalue weighted by Gasteiger charge is 2.35. The average Bonchev–Trinajstić information content (AvgIpc) is 3.26. The lowest BCUT2D eigenvalue weighted by Crippen LogP contribution is -2.48. The van der Waals surface area contributed by atoms with Crippen molar-refractivity contribution in [3.05, 3.63) is 52.6 Å². The Labute approximate surface area is 157 Å². The van der Waals surface area contributed by atoms with E-state index >= 15 is 0 Å². The minimum atomic E-state index is -0.533. The number of rotatable bonds is 4. The molecule has 2 atom stereocenters. The number of carbonyl (C=O) groups is 2. The third kappa shape index (κ3) is 3.22. The molecule has 140 valence electrons. The van der Waals surface area contributed by atoms with Crippen molar-refractivity contribution in [1.82, 2.24) is 20.5 Å². The van der Waals surface area contributed by atoms with Gasteiger partial charge in [-0.3, -0.25) is 9.78 Å². The van der Waals surface area contributed by atoms with Gasteiger partial charge in [-0.05, 0) is 43.4 Å². The first-order valence-electron chi connectivity index (χ1n) is 9.11. The number of allylic oxidation sites excluding steroid dienone is 2. The Morgan fingerprint density at radius 1 is 1.37 bits per heavy atom. The molecule has 0 saturated carbocycles. The zero-order valence-electron chi connectivity index (χ0n) is 15.4. The van der Waals surface area contributed by atoms with E-state index in [4.69, 9.17) is 0 Å². The molecule has 0 radical (unpaired) electrons. The second-order valence-corrected chi connectivity index (χ2v) is 7.10. The van der Waals surface area contributed by atoms with Gasteiger partial charge in [0.05, 0.1) is 17.3 Å². The molecule has 0 spiro atoms. The number of amides is 3. The van der Waals surface area contributed by atoms with E-state index in [0.29, 0.717) is 17.8 Å². The Kier molecular flexibility index (Phi) is 4.47. The molecule has 0 fully saturated rings. The van der Waals surface area contributed by atoms with Gasteiger partial charge in [-0.2, -0.15) is 10.2 Å². The van der Waals surface area contributed by atoms with Gasteiger partial charge in [-0.15, -0.1) is 0 Å². The lowest BCUT2D eigenvalue weighted by atomic mass is 9.95. The summed E-state index contributed by atoms with van der Waals surface area (Å²) in [6, 6.07) is 2.72. The number of hydrogen-bond donors (Lipinski definition) is 2. The van der Waals surface area contributed by atoms with Crippen LogP contribution in [0.15, 0.2) is 57.3 Å². The van der Waals surface area contributed by atoms with Gasteiger partial charge in [-0.1, -0.05) is 6.07 Å². The SMILES string of the molecule is CC1=C(C(=O)N(C)C[C@H]2N=NC3=C2CCC3)[C@@H](c2cccnc2)NC(=O)N1. The Morgan fingerprint density at radius 2 is 2.22 bits per heavy atom. The van der Waals surface area contributed by atoms with Crippen LogP contribution in [-0.4, -0.2) is 41.5 Å². The van der Waals surface area contributed by atoms with Crippen molar-refractivity contribution in [3.8, 4) is 0 Å². The first-order valence-corrected chi connectivity index (χ1v) is 9.11. The molecule has 3 amide bonds. The molecule has 8 nitrogen and oxygen atoms in total. The number of hydrogen-bond acceptors (Lipinski definition) is 5. The van der Waals surface area contributed by atoms with Crippen molar-refractivity contribution in [2.45, 2.75) is 38.3 Å². The van der Waals surface area contributed by atoms with E-state index in [1.54, 1.807) is 37.3 Å². The lowest BCUT2D eigenvalue weighted by molar-refractivity contribution is -0.126. The third-order valence-corrected chi connectivity index (χ3v) is 5.26. The van der Waals surface area contributed by atoms with Gasteiger partial charge in [0.15, 0.2) is 0 Å². The number of urea groups is 1. The fourth-order valence-electron chi connectivity index (χ4n) is 3.90. The fourth-order valence-corrected chi connectivity index (χ4v) is 3.90. The second kappa shape index (κ2) is 6.94. The topological polar surface area (TPSA) is 99.1 Å². The van der Waals surface area contributed by atoms with Gasteiger partial charge in [0.1, 0.15) is 6.04 Å². The van der Waals surface area contributed by atoms with Crippen LogP contribution >= 0.6 is 0 Å². The number of nitrogens with zero attached hydrogens (tertiary/aromatic N) is 4. The fraction of sp³-hybridized carbons (Fsp3) is 0.421. The number of likely N-dealkylation sites (N-methyl/N-ethyl adjacent to an activating group) is 1. The standard InChI is InChI=1S/C19H22N6O2/c1-11-16(17(22-19(27)21-11)12-5-4-8-20-9-12)18(26)25(2)10-15-13-6-3-7-14(13)23-24-15/h4-5,8-9,15,17H,3,6-7,10H2,1-2H3,(H2,21,22,27)/t15-,17-/m1/s1. The quantitative estimate of drug-likeness (QED) is 0.856. The molecule has 0 saturated heterocycles. The highest BCUT2D eigenvalue weighted by molar-refractivity contribution is 5.98. The van der Waals surface area contributed by atoms with Gasteiger partial charge >= 0.3 is 6.03 Å². The van der Waals surface area contributed by atoms with Gasteiger partial charge < -0.3 is 15.5 Å². The summed E-state index contributed by atoms with van der Waals surface area (Å²) >= 11 is 0. The van der Waals surface area contributed by atoms with E-state index in [1.807, 2.05) is 6.07 Å². The first-order chi connectivity index (χ1) is 13.0. The van der Waals surface area contributed by atoms with Gasteiger partial charge in [-0.25, -0.2) is 4.79 Å². The van der Waals surface area contributed by atoms with Crippen LogP contribution in [0.2, 0.25) is 0 Å². The third-order valence-electron chi connectivity index (χ3n) is 5.26. The van der Waals surface area contributed by atoms with Crippen LogP contribution in [-0.2, 0) is 4.79 Å². The average molecular weight is 366 g/mol. The molecule has 0 unspecified atom stereocenters. The van der Waals surface area contributed by atoms with Crippen LogP contribution in [0.5, 0.6) is 0 Å². The first kappa shape index (κ1) is 17.4. The summed E-state index contributed by atoms with van der Waals surface area (Å²) in [4.78, 5) is 31.0. The normalized spacial score (nSPS) is 24.0. The highest BCUT2D eigenvalue weighted by atomic mass is 16.2. The van der Waals surface area contributed by atoms with Crippen molar-refractivity contribution in [2.75, 3.05) is 13.6 Å². The van der Waals surface area contributed by atoms with E-state index in [0.717, 1.165) is 30.5 Å². The van der Waals surface area contributed by atoms with E-state index in [2.05, 4.69) is 25.8 Å². The maximum Gasteiger partial charge on any atom is 0.319 e. The summed E-state index contributed by atoms with van der Waals surface area (Å²) in [6.07, 6.45) is 6.43. The van der Waals surface area contributed by atoms with Crippen LogP contribution in [0.4, 0.5) is 4.79 Å². The van der Waals surface area contributed by atoms with E-state index < -0.39 is 6.04 Å². The summed E-state index contributed by atoms with van der Waals surface area (Å²) in [5.74, 6) is -0.142. The van der Waals surface area contributed by atoms with Crippen LogP contribution < -0.4 is 10.6 Å². The zero-order valence-corrected chi connectivity index (χ0v) is 15.4. The van der Waals surface area contributed by atoms with Crippen LogP contribution in [0.25, 0.3) is 0 Å². The van der Waals surface area contributed by atoms with Crippen molar-refractivity contribution in [3.63, 3.8) is 0 Å². The molecule has 4 rings (SSSR count). The molecule has 3 aliphatic rings. The summed E-state index contributed by atoms with van der Waals surface area (Å²) in [7, 11) is 1.77. The monoisotopic (exact) mass is 366 g/mol. The number of azo groups is 1. The van der Waals surface area contributed by atoms with E-state index in [1.165, 1.54) is 5.57 Å². The molecule has 0 bridgehead atoms. The van der Waals surface area contributed by atoms with Crippen molar-refractivity contribution in [2.24, 2.45) is 10.2 Å². The Morgan fingerprint density at radius 3 is 3.00 bits per heavy atom. The van der Waals surface area contributed by atoms with Gasteiger partial charge in [0, 0.05) is 31.7 Å². The van der Waals surface area contributed by atoms with E-state index in [9.17, 15) is 9.59 Å². The number of pyridine rings is 1. The summed E-state index contributed by atoms with van der Waals surface area (Å²) in [5.41, 5.74) is 4.19. The van der Waals surface area contributed by atoms with Crippen LogP contribution in [0.3, 0.4) is 0 Å². The Balaban J connectivity index is 1.57. The Hall–Kier alpha value is -3.03. The van der Waals surface area contributed by atoms with Gasteiger partial charge in [0.25, 0.3) is 5.91 Å². The molecule has 2 N–H and O–H groups in total. The van der Waals surface area contributed by atoms with Crippen molar-refractivity contribution in [1.29, 1.82) is 0 Å². The minimum absolute atomic E-state index is 0.0552. The van der Waals surface area contributed by atoms with Crippen molar-refractivity contribution < 1.29 is 9.59 Å². The summed E-state index contributed by atoms with van der Waals surface area (Å²) in [5, 5.41) is 14.1. The number of aromatic nitrogens is 1. The predicted molar refractivity (Wildman–Crippen MR) is 98.5 cm³/mol. The lowest BCUT2D eigenvalue weighted by Gasteiger charge is -2.31. The Bertz CT molecular complexity index is 873.